The van der Waals surface area contributed by atoms with Gasteiger partial charge in [-0.15, -0.1) is 0 Å². The molecule has 0 aliphatic carbocycles. The summed E-state index contributed by atoms with van der Waals surface area (Å²) in [6.45, 7) is 1.62. The molecule has 3 N–H and O–H groups in total. The number of nitrogen functional groups attached to an aromatic ring is 1. The number of halogens is 2. The SMILES string of the molecule is Cc1cc(NS(=O)(=O)c2cc(N)c(F)cc2Br)no1. The predicted molar refractivity (Wildman–Crippen MR) is 70.6 cm³/mol. The van der Waals surface area contributed by atoms with E-state index in [2.05, 4.69) is 25.8 Å². The van der Waals surface area contributed by atoms with Gasteiger partial charge in [0.15, 0.2) is 5.82 Å². The third-order valence-electron chi connectivity index (χ3n) is 2.21. The first-order valence-corrected chi connectivity index (χ1v) is 7.28. The van der Waals surface area contributed by atoms with E-state index >= 15 is 0 Å². The normalized spacial score (nSPS) is 11.5. The van der Waals surface area contributed by atoms with Crippen LogP contribution in [0.1, 0.15) is 5.76 Å². The maximum absolute atomic E-state index is 13.2. The van der Waals surface area contributed by atoms with Crippen molar-refractivity contribution in [3.8, 4) is 0 Å². The Kier molecular flexibility index (Phi) is 3.50. The standard InChI is InChI=1S/C10H9BrFN3O3S/c1-5-2-10(14-18-5)15-19(16,17)9-4-8(13)7(12)3-6(9)11/h2-4H,13H2,1H3,(H,14,15). The average Bonchev–Trinajstić information content (AvgIpc) is 2.68. The van der Waals surface area contributed by atoms with Crippen LogP contribution in [-0.2, 0) is 10.0 Å². The lowest BCUT2D eigenvalue weighted by atomic mass is 10.3. The minimum absolute atomic E-state index is 0.0345. The Morgan fingerprint density at radius 2 is 2.11 bits per heavy atom. The van der Waals surface area contributed by atoms with Gasteiger partial charge in [0, 0.05) is 10.5 Å². The molecule has 1 aromatic carbocycles. The highest BCUT2D eigenvalue weighted by molar-refractivity contribution is 9.10. The van der Waals surface area contributed by atoms with Gasteiger partial charge in [-0.1, -0.05) is 5.16 Å². The molecule has 1 aromatic heterocycles. The molecule has 2 rings (SSSR count). The van der Waals surface area contributed by atoms with E-state index in [0.29, 0.717) is 5.76 Å². The maximum atomic E-state index is 13.2. The highest BCUT2D eigenvalue weighted by atomic mass is 79.9. The average molecular weight is 350 g/mol. The fraction of sp³-hybridized carbons (Fsp3) is 0.100. The van der Waals surface area contributed by atoms with Crippen LogP contribution < -0.4 is 10.5 Å². The summed E-state index contributed by atoms with van der Waals surface area (Å²) in [5.74, 6) is -0.217. The molecule has 0 saturated carbocycles. The molecule has 102 valence electrons. The van der Waals surface area contributed by atoms with Crippen molar-refractivity contribution in [3.05, 3.63) is 34.2 Å². The number of nitrogens with two attached hydrogens (primary N) is 1. The Hall–Kier alpha value is -1.61. The van der Waals surface area contributed by atoms with Crippen molar-refractivity contribution in [1.82, 2.24) is 5.16 Å². The van der Waals surface area contributed by atoms with E-state index in [-0.39, 0.29) is 20.9 Å². The lowest BCUT2D eigenvalue weighted by Gasteiger charge is -2.08. The number of anilines is 2. The molecular weight excluding hydrogens is 341 g/mol. The van der Waals surface area contributed by atoms with Gasteiger partial charge in [0.25, 0.3) is 10.0 Å². The van der Waals surface area contributed by atoms with Crippen LogP contribution in [0.25, 0.3) is 0 Å². The summed E-state index contributed by atoms with van der Waals surface area (Å²) in [7, 11) is -3.94. The van der Waals surface area contributed by atoms with Gasteiger partial charge < -0.3 is 10.3 Å². The molecular formula is C10H9BrFN3O3S. The lowest BCUT2D eigenvalue weighted by Crippen LogP contribution is -2.14. The molecule has 0 unspecified atom stereocenters. The van der Waals surface area contributed by atoms with E-state index in [1.165, 1.54) is 6.07 Å². The van der Waals surface area contributed by atoms with Crippen LogP contribution in [0.15, 0.2) is 32.1 Å². The largest absolute Gasteiger partial charge is 0.396 e. The Bertz CT molecular complexity index is 730. The summed E-state index contributed by atoms with van der Waals surface area (Å²) in [5, 5.41) is 3.51. The van der Waals surface area contributed by atoms with E-state index in [1.54, 1.807) is 6.92 Å². The summed E-state index contributed by atoms with van der Waals surface area (Å²) in [6, 6.07) is 3.42. The van der Waals surface area contributed by atoms with Crippen molar-refractivity contribution in [2.45, 2.75) is 11.8 Å². The minimum atomic E-state index is -3.94. The van der Waals surface area contributed by atoms with E-state index in [1.807, 2.05) is 0 Å². The summed E-state index contributed by atoms with van der Waals surface area (Å²) < 4.78 is 44.4. The second-order valence-corrected chi connectivity index (χ2v) is 6.24. The number of nitrogens with zero attached hydrogens (tertiary/aromatic N) is 1. The van der Waals surface area contributed by atoms with Crippen LogP contribution in [0.3, 0.4) is 0 Å². The van der Waals surface area contributed by atoms with Gasteiger partial charge in [0.05, 0.1) is 5.69 Å². The van der Waals surface area contributed by atoms with Gasteiger partial charge in [-0.3, -0.25) is 4.72 Å². The van der Waals surface area contributed by atoms with Gasteiger partial charge in [-0.2, -0.15) is 0 Å². The molecule has 19 heavy (non-hydrogen) atoms. The van der Waals surface area contributed by atoms with Crippen molar-refractivity contribution in [2.75, 3.05) is 10.5 Å². The van der Waals surface area contributed by atoms with Crippen molar-refractivity contribution < 1.29 is 17.3 Å². The monoisotopic (exact) mass is 349 g/mol. The molecule has 9 heteroatoms. The number of rotatable bonds is 3. The summed E-state index contributed by atoms with van der Waals surface area (Å²) in [5.41, 5.74) is 5.10. The molecule has 0 bridgehead atoms. The molecule has 0 atom stereocenters. The molecule has 0 spiro atoms. The number of aromatic nitrogens is 1. The van der Waals surface area contributed by atoms with Gasteiger partial charge in [-0.25, -0.2) is 12.8 Å². The summed E-state index contributed by atoms with van der Waals surface area (Å²) in [4.78, 5) is -0.188. The smallest absolute Gasteiger partial charge is 0.264 e. The predicted octanol–water partition coefficient (Wildman–Crippen LogP) is 2.27. The first-order chi connectivity index (χ1) is 8.79. The highest BCUT2D eigenvalue weighted by Crippen LogP contribution is 2.28. The number of sulfonamides is 1. The lowest BCUT2D eigenvalue weighted by molar-refractivity contribution is 0.400. The van der Waals surface area contributed by atoms with Crippen molar-refractivity contribution in [2.24, 2.45) is 0 Å². The van der Waals surface area contributed by atoms with Gasteiger partial charge in [-0.05, 0) is 35.0 Å². The highest BCUT2D eigenvalue weighted by Gasteiger charge is 2.21. The Morgan fingerprint density at radius 1 is 1.42 bits per heavy atom. The topological polar surface area (TPSA) is 98.2 Å². The zero-order chi connectivity index (χ0) is 14.2. The van der Waals surface area contributed by atoms with Crippen molar-refractivity contribution in [1.29, 1.82) is 0 Å². The first-order valence-electron chi connectivity index (χ1n) is 5.00. The number of aryl methyl sites for hydroxylation is 1. The summed E-state index contributed by atoms with van der Waals surface area (Å²) >= 11 is 2.98. The minimum Gasteiger partial charge on any atom is -0.396 e. The van der Waals surface area contributed by atoms with Gasteiger partial charge >= 0.3 is 0 Å². The van der Waals surface area contributed by atoms with E-state index in [9.17, 15) is 12.8 Å². The Balaban J connectivity index is 2.42. The molecule has 6 nitrogen and oxygen atoms in total. The van der Waals surface area contributed by atoms with Gasteiger partial charge in [0.2, 0.25) is 0 Å². The second kappa shape index (κ2) is 4.82. The van der Waals surface area contributed by atoms with Crippen LogP contribution in [0.5, 0.6) is 0 Å². The van der Waals surface area contributed by atoms with Crippen LogP contribution in [-0.4, -0.2) is 13.6 Å². The van der Waals surface area contributed by atoms with Crippen LogP contribution in [0.4, 0.5) is 15.9 Å². The fourth-order valence-corrected chi connectivity index (χ4v) is 3.39. The van der Waals surface area contributed by atoms with E-state index in [0.717, 1.165) is 12.1 Å². The molecule has 0 radical (unpaired) electrons. The molecule has 2 aromatic rings. The molecule has 0 amide bonds. The van der Waals surface area contributed by atoms with Gasteiger partial charge in [0.1, 0.15) is 16.5 Å². The van der Waals surface area contributed by atoms with Crippen LogP contribution in [0, 0.1) is 12.7 Å². The van der Waals surface area contributed by atoms with Crippen molar-refractivity contribution >= 4 is 37.5 Å². The van der Waals surface area contributed by atoms with E-state index in [4.69, 9.17) is 10.3 Å². The van der Waals surface area contributed by atoms with Crippen molar-refractivity contribution in [3.63, 3.8) is 0 Å². The fourth-order valence-electron chi connectivity index (χ4n) is 1.36. The third-order valence-corrected chi connectivity index (χ3v) is 4.52. The third kappa shape index (κ3) is 2.87. The van der Waals surface area contributed by atoms with E-state index < -0.39 is 15.8 Å². The summed E-state index contributed by atoms with van der Waals surface area (Å²) in [6.07, 6.45) is 0. The maximum Gasteiger partial charge on any atom is 0.264 e. The van der Waals surface area contributed by atoms with Crippen LogP contribution in [0.2, 0.25) is 0 Å². The second-order valence-electron chi connectivity index (χ2n) is 3.73. The van der Waals surface area contributed by atoms with Crippen LogP contribution >= 0.6 is 15.9 Å². The Labute approximate surface area is 117 Å². The number of hydrogen-bond acceptors (Lipinski definition) is 5. The quantitative estimate of drug-likeness (QED) is 0.828. The zero-order valence-corrected chi connectivity index (χ0v) is 12.0. The first kappa shape index (κ1) is 13.8. The number of hydrogen-bond donors (Lipinski definition) is 2. The molecule has 0 fully saturated rings. The number of nitrogens with one attached hydrogen (secondary N) is 1. The molecule has 0 aliphatic heterocycles. The number of benzene rings is 1. The molecule has 0 aliphatic rings. The molecule has 1 heterocycles. The zero-order valence-electron chi connectivity index (χ0n) is 9.65. The Morgan fingerprint density at radius 3 is 2.68 bits per heavy atom. The molecule has 0 saturated heterocycles.